The highest BCUT2D eigenvalue weighted by Gasteiger charge is 2.49. The molecule has 2 atom stereocenters. The minimum Gasteiger partial charge on any atom is -0.424 e. The second kappa shape index (κ2) is 1.82. The molecule has 2 unspecified atom stereocenters. The van der Waals surface area contributed by atoms with Crippen molar-refractivity contribution in [2.45, 2.75) is 25.2 Å². The van der Waals surface area contributed by atoms with Crippen LogP contribution >= 0.6 is 0 Å². The van der Waals surface area contributed by atoms with Gasteiger partial charge in [0.05, 0.1) is 6.10 Å². The summed E-state index contributed by atoms with van der Waals surface area (Å²) in [6.45, 7) is 4.21. The van der Waals surface area contributed by atoms with E-state index in [-0.39, 0.29) is 5.22 Å². The third-order valence-electron chi connectivity index (χ3n) is 1.68. The smallest absolute Gasteiger partial charge is 0.196 e. The molecule has 1 aliphatic heterocycles. The fourth-order valence-corrected chi connectivity index (χ4v) is 1.93. The predicted molar refractivity (Wildman–Crippen MR) is 34.5 cm³/mol. The molecule has 48 valence electrons. The molecule has 0 aromatic carbocycles. The van der Waals surface area contributed by atoms with Gasteiger partial charge in [-0.1, -0.05) is 0 Å². The van der Waals surface area contributed by atoms with E-state index in [0.29, 0.717) is 6.10 Å². The average Bonchev–Trinajstić information content (AvgIpc) is 2.16. The van der Waals surface area contributed by atoms with Gasteiger partial charge in [-0.15, -0.1) is 0 Å². The first-order valence-electron chi connectivity index (χ1n) is 2.86. The average molecular weight is 132 g/mol. The van der Waals surface area contributed by atoms with Crippen molar-refractivity contribution in [2.24, 2.45) is 0 Å². The number of hydrogen-bond acceptors (Lipinski definition) is 2. The summed E-state index contributed by atoms with van der Waals surface area (Å²) in [6.07, 6.45) is 0.453. The zero-order chi connectivity index (χ0) is 6.20. The van der Waals surface area contributed by atoms with E-state index in [4.69, 9.17) is 9.16 Å². The Labute approximate surface area is 52.1 Å². The summed E-state index contributed by atoms with van der Waals surface area (Å²) in [5.74, 6) is 0. The predicted octanol–water partition coefficient (Wildman–Crippen LogP) is -0.149. The van der Waals surface area contributed by atoms with Gasteiger partial charge in [0.25, 0.3) is 0 Å². The summed E-state index contributed by atoms with van der Waals surface area (Å²) in [6, 6.07) is 0. The standard InChI is InChI=1S/C5H12O2Si/c1-4-5(2,7-4)8-6-3/h4H,8H2,1-3H3. The Bertz CT molecular complexity index is 96.4. The van der Waals surface area contributed by atoms with Gasteiger partial charge < -0.3 is 9.16 Å². The number of ether oxygens (including phenoxy) is 1. The lowest BCUT2D eigenvalue weighted by Crippen LogP contribution is -2.19. The van der Waals surface area contributed by atoms with E-state index < -0.39 is 9.76 Å². The molecule has 0 aromatic heterocycles. The Balaban J connectivity index is 2.25. The van der Waals surface area contributed by atoms with Crippen LogP contribution < -0.4 is 0 Å². The molecular formula is C5H12O2Si. The van der Waals surface area contributed by atoms with Crippen molar-refractivity contribution in [1.29, 1.82) is 0 Å². The minimum atomic E-state index is -0.399. The van der Waals surface area contributed by atoms with E-state index in [1.54, 1.807) is 7.11 Å². The van der Waals surface area contributed by atoms with Gasteiger partial charge in [-0.3, -0.25) is 0 Å². The molecule has 0 saturated carbocycles. The molecule has 3 heteroatoms. The first-order chi connectivity index (χ1) is 3.69. The highest BCUT2D eigenvalue weighted by atomic mass is 28.2. The minimum absolute atomic E-state index is 0.175. The van der Waals surface area contributed by atoms with Gasteiger partial charge in [0.1, 0.15) is 5.22 Å². The van der Waals surface area contributed by atoms with Gasteiger partial charge in [-0.25, -0.2) is 0 Å². The van der Waals surface area contributed by atoms with Crippen LogP contribution in [0.1, 0.15) is 13.8 Å². The van der Waals surface area contributed by atoms with Crippen molar-refractivity contribution in [1.82, 2.24) is 0 Å². The van der Waals surface area contributed by atoms with Crippen molar-refractivity contribution in [3.8, 4) is 0 Å². The van der Waals surface area contributed by atoms with Crippen LogP contribution in [0.2, 0.25) is 0 Å². The fourth-order valence-electron chi connectivity index (χ4n) is 0.808. The Morgan fingerprint density at radius 1 is 1.75 bits per heavy atom. The third-order valence-corrected chi connectivity index (χ3v) is 3.28. The summed E-state index contributed by atoms with van der Waals surface area (Å²) in [5.41, 5.74) is 0. The summed E-state index contributed by atoms with van der Waals surface area (Å²) in [4.78, 5) is 0. The lowest BCUT2D eigenvalue weighted by Gasteiger charge is -1.99. The molecule has 0 bridgehead atoms. The van der Waals surface area contributed by atoms with Crippen molar-refractivity contribution in [3.05, 3.63) is 0 Å². The largest absolute Gasteiger partial charge is 0.424 e. The van der Waals surface area contributed by atoms with Gasteiger partial charge in [-0.05, 0) is 13.8 Å². The molecule has 1 heterocycles. The maximum Gasteiger partial charge on any atom is 0.196 e. The van der Waals surface area contributed by atoms with Crippen LogP contribution in [0.3, 0.4) is 0 Å². The number of epoxide rings is 1. The van der Waals surface area contributed by atoms with E-state index in [9.17, 15) is 0 Å². The molecular weight excluding hydrogens is 120 g/mol. The Hall–Kier alpha value is 0.137. The summed E-state index contributed by atoms with van der Waals surface area (Å²) in [5, 5.41) is 0.175. The van der Waals surface area contributed by atoms with Crippen molar-refractivity contribution >= 4 is 9.76 Å². The summed E-state index contributed by atoms with van der Waals surface area (Å²) in [7, 11) is 1.36. The van der Waals surface area contributed by atoms with Gasteiger partial charge in [0.2, 0.25) is 0 Å². The van der Waals surface area contributed by atoms with Crippen LogP contribution in [0.4, 0.5) is 0 Å². The molecule has 0 N–H and O–H groups in total. The first kappa shape index (κ1) is 6.26. The summed E-state index contributed by atoms with van der Waals surface area (Å²) >= 11 is 0. The summed E-state index contributed by atoms with van der Waals surface area (Å²) < 4.78 is 10.3. The first-order valence-corrected chi connectivity index (χ1v) is 4.14. The van der Waals surface area contributed by atoms with Crippen LogP contribution in [0, 0.1) is 0 Å². The second-order valence-corrected chi connectivity index (χ2v) is 4.78. The zero-order valence-electron chi connectivity index (χ0n) is 5.60. The van der Waals surface area contributed by atoms with Crippen LogP contribution in [-0.4, -0.2) is 28.2 Å². The quantitative estimate of drug-likeness (QED) is 0.385. The fraction of sp³-hybridized carbons (Fsp3) is 1.00. The molecule has 0 radical (unpaired) electrons. The second-order valence-electron chi connectivity index (χ2n) is 2.51. The highest BCUT2D eigenvalue weighted by Crippen LogP contribution is 2.33. The van der Waals surface area contributed by atoms with Gasteiger partial charge in [0, 0.05) is 7.11 Å². The molecule has 1 fully saturated rings. The monoisotopic (exact) mass is 132 g/mol. The molecule has 0 aromatic rings. The molecule has 2 nitrogen and oxygen atoms in total. The van der Waals surface area contributed by atoms with Crippen molar-refractivity contribution < 1.29 is 9.16 Å². The Morgan fingerprint density at radius 3 is 2.38 bits per heavy atom. The Morgan fingerprint density at radius 2 is 2.25 bits per heavy atom. The van der Waals surface area contributed by atoms with E-state index in [1.165, 1.54) is 0 Å². The maximum absolute atomic E-state index is 5.28. The topological polar surface area (TPSA) is 21.8 Å². The zero-order valence-corrected chi connectivity index (χ0v) is 7.02. The van der Waals surface area contributed by atoms with Crippen LogP contribution in [0.15, 0.2) is 0 Å². The molecule has 1 aliphatic rings. The van der Waals surface area contributed by atoms with Gasteiger partial charge in [0.15, 0.2) is 9.76 Å². The van der Waals surface area contributed by atoms with E-state index in [2.05, 4.69) is 13.8 Å². The van der Waals surface area contributed by atoms with E-state index in [1.807, 2.05) is 0 Å². The Kier molecular flexibility index (Phi) is 1.43. The SMILES string of the molecule is CO[SiH2]C1(C)OC1C. The van der Waals surface area contributed by atoms with Crippen LogP contribution in [0.5, 0.6) is 0 Å². The lowest BCUT2D eigenvalue weighted by molar-refractivity contribution is 0.336. The van der Waals surface area contributed by atoms with Crippen molar-refractivity contribution in [2.75, 3.05) is 7.11 Å². The molecule has 0 spiro atoms. The van der Waals surface area contributed by atoms with Gasteiger partial charge in [-0.2, -0.15) is 0 Å². The number of rotatable bonds is 2. The third kappa shape index (κ3) is 0.938. The van der Waals surface area contributed by atoms with Gasteiger partial charge >= 0.3 is 0 Å². The van der Waals surface area contributed by atoms with E-state index in [0.717, 1.165) is 0 Å². The van der Waals surface area contributed by atoms with Crippen LogP contribution in [-0.2, 0) is 9.16 Å². The number of hydrogen-bond donors (Lipinski definition) is 0. The molecule has 8 heavy (non-hydrogen) atoms. The van der Waals surface area contributed by atoms with Crippen LogP contribution in [0.25, 0.3) is 0 Å². The normalized spacial score (nSPS) is 46.1. The van der Waals surface area contributed by atoms with Crippen molar-refractivity contribution in [3.63, 3.8) is 0 Å². The molecule has 1 rings (SSSR count). The lowest BCUT2D eigenvalue weighted by atomic mass is 10.4. The highest BCUT2D eigenvalue weighted by molar-refractivity contribution is 6.33. The molecule has 0 amide bonds. The molecule has 0 aliphatic carbocycles. The molecule has 1 saturated heterocycles. The van der Waals surface area contributed by atoms with E-state index >= 15 is 0 Å². The maximum atomic E-state index is 5.28.